The fraction of sp³-hybridized carbons (Fsp3) is 0.316. The molecule has 1 unspecified atom stereocenters. The molecule has 2 aromatic carbocycles. The van der Waals surface area contributed by atoms with E-state index < -0.39 is 0 Å². The van der Waals surface area contributed by atoms with Gasteiger partial charge in [-0.3, -0.25) is 4.79 Å². The zero-order valence-corrected chi connectivity index (χ0v) is 16.1. The Hall–Kier alpha value is -1.75. The number of hydrogen-bond acceptors (Lipinski definition) is 2. The van der Waals surface area contributed by atoms with E-state index in [2.05, 4.69) is 5.32 Å². The molecular formula is C19H23Cl2N2O2+. The first kappa shape index (κ1) is 19.6. The van der Waals surface area contributed by atoms with Gasteiger partial charge in [0, 0.05) is 17.1 Å². The number of quaternary nitrogens is 1. The minimum absolute atomic E-state index is 0.00148. The number of rotatable bonds is 7. The minimum atomic E-state index is -0.204. The van der Waals surface area contributed by atoms with Crippen LogP contribution in [0.4, 0.5) is 0 Å². The Morgan fingerprint density at radius 2 is 1.88 bits per heavy atom. The Morgan fingerprint density at radius 1 is 1.20 bits per heavy atom. The molecule has 0 aromatic heterocycles. The van der Waals surface area contributed by atoms with Gasteiger partial charge in [0.25, 0.3) is 5.91 Å². The number of likely N-dealkylation sites (N-methyl/N-ethyl adjacent to an activating group) is 1. The van der Waals surface area contributed by atoms with E-state index in [1.807, 2.05) is 50.4 Å². The van der Waals surface area contributed by atoms with Crippen molar-refractivity contribution in [2.75, 3.05) is 14.2 Å². The average molecular weight is 382 g/mol. The Bertz CT molecular complexity index is 720. The summed E-state index contributed by atoms with van der Waals surface area (Å²) in [7, 11) is 3.60. The predicted molar refractivity (Wildman–Crippen MR) is 101 cm³/mol. The van der Waals surface area contributed by atoms with E-state index in [0.29, 0.717) is 23.1 Å². The van der Waals surface area contributed by atoms with Crippen molar-refractivity contribution in [3.8, 4) is 5.75 Å². The van der Waals surface area contributed by atoms with Gasteiger partial charge in [-0.05, 0) is 36.8 Å². The highest BCUT2D eigenvalue weighted by Gasteiger charge is 2.22. The number of carbonyl (C=O) groups excluding carboxylic acids is 1. The second-order valence-electron chi connectivity index (χ2n) is 6.05. The Kier molecular flexibility index (Phi) is 7.12. The largest absolute Gasteiger partial charge is 0.497 e. The van der Waals surface area contributed by atoms with Crippen LogP contribution in [-0.4, -0.2) is 26.1 Å². The van der Waals surface area contributed by atoms with Crippen LogP contribution in [0.15, 0.2) is 42.5 Å². The van der Waals surface area contributed by atoms with Gasteiger partial charge in [-0.1, -0.05) is 41.4 Å². The second kappa shape index (κ2) is 9.09. The zero-order chi connectivity index (χ0) is 18.4. The highest BCUT2D eigenvalue weighted by atomic mass is 35.5. The average Bonchev–Trinajstić information content (AvgIpc) is 2.61. The van der Waals surface area contributed by atoms with Crippen molar-refractivity contribution in [1.29, 1.82) is 0 Å². The monoisotopic (exact) mass is 381 g/mol. The van der Waals surface area contributed by atoms with Gasteiger partial charge in [0.2, 0.25) is 0 Å². The molecule has 0 saturated carbocycles. The zero-order valence-electron chi connectivity index (χ0n) is 14.6. The van der Waals surface area contributed by atoms with Gasteiger partial charge in [-0.15, -0.1) is 0 Å². The fourth-order valence-electron chi connectivity index (χ4n) is 2.43. The van der Waals surface area contributed by atoms with E-state index in [-0.39, 0.29) is 11.9 Å². The molecule has 4 nitrogen and oxygen atoms in total. The summed E-state index contributed by atoms with van der Waals surface area (Å²) in [5.41, 5.74) is 2.00. The maximum atomic E-state index is 12.4. The molecule has 2 aromatic rings. The summed E-state index contributed by atoms with van der Waals surface area (Å²) in [6.45, 7) is 3.04. The Morgan fingerprint density at radius 3 is 2.48 bits per heavy atom. The van der Waals surface area contributed by atoms with Crippen LogP contribution >= 0.6 is 23.2 Å². The molecule has 1 amide bonds. The SMILES string of the molecule is COc1ccc(CNC(=O)[C@H](C)[NH+](C)Cc2ccc(Cl)cc2Cl)cc1. The summed E-state index contributed by atoms with van der Waals surface area (Å²) >= 11 is 12.1. The van der Waals surface area contributed by atoms with Crippen LogP contribution in [0.3, 0.4) is 0 Å². The lowest BCUT2D eigenvalue weighted by molar-refractivity contribution is -0.908. The predicted octanol–water partition coefficient (Wildman–Crippen LogP) is 2.72. The van der Waals surface area contributed by atoms with Crippen LogP contribution in [0.5, 0.6) is 5.75 Å². The topological polar surface area (TPSA) is 42.8 Å². The second-order valence-corrected chi connectivity index (χ2v) is 6.89. The van der Waals surface area contributed by atoms with Gasteiger partial charge in [0.15, 0.2) is 6.04 Å². The van der Waals surface area contributed by atoms with Crippen LogP contribution < -0.4 is 15.0 Å². The van der Waals surface area contributed by atoms with Crippen molar-refractivity contribution in [3.05, 3.63) is 63.6 Å². The van der Waals surface area contributed by atoms with E-state index in [4.69, 9.17) is 27.9 Å². The normalized spacial score (nSPS) is 13.2. The van der Waals surface area contributed by atoms with Gasteiger partial charge >= 0.3 is 0 Å². The lowest BCUT2D eigenvalue weighted by Crippen LogP contribution is -3.12. The van der Waals surface area contributed by atoms with E-state index in [1.165, 1.54) is 0 Å². The summed E-state index contributed by atoms with van der Waals surface area (Å²) in [6.07, 6.45) is 0. The number of methoxy groups -OCH3 is 1. The van der Waals surface area contributed by atoms with Crippen LogP contribution in [0.2, 0.25) is 10.0 Å². The third-order valence-electron chi connectivity index (χ3n) is 4.24. The molecule has 0 aliphatic rings. The number of halogens is 2. The lowest BCUT2D eigenvalue weighted by atomic mass is 10.1. The number of hydrogen-bond donors (Lipinski definition) is 2. The molecular weight excluding hydrogens is 359 g/mol. The van der Waals surface area contributed by atoms with Gasteiger partial charge in [0.1, 0.15) is 12.3 Å². The maximum Gasteiger partial charge on any atom is 0.278 e. The van der Waals surface area contributed by atoms with E-state index in [1.54, 1.807) is 13.2 Å². The van der Waals surface area contributed by atoms with Crippen molar-refractivity contribution in [2.45, 2.75) is 26.1 Å². The molecule has 134 valence electrons. The quantitative estimate of drug-likeness (QED) is 0.774. The van der Waals surface area contributed by atoms with Crippen LogP contribution in [0, 0.1) is 0 Å². The highest BCUT2D eigenvalue weighted by Crippen LogP contribution is 2.20. The number of amides is 1. The highest BCUT2D eigenvalue weighted by molar-refractivity contribution is 6.35. The molecule has 0 heterocycles. The summed E-state index contributed by atoms with van der Waals surface area (Å²) in [5, 5.41) is 4.20. The summed E-state index contributed by atoms with van der Waals surface area (Å²) in [6, 6.07) is 12.9. The molecule has 0 radical (unpaired) electrons. The molecule has 2 N–H and O–H groups in total. The van der Waals surface area contributed by atoms with E-state index in [0.717, 1.165) is 21.8 Å². The van der Waals surface area contributed by atoms with Gasteiger partial charge in [-0.25, -0.2) is 0 Å². The number of ether oxygens (including phenoxy) is 1. The minimum Gasteiger partial charge on any atom is -0.497 e. The Labute approximate surface area is 158 Å². The first-order valence-electron chi connectivity index (χ1n) is 8.07. The van der Waals surface area contributed by atoms with Gasteiger partial charge in [0.05, 0.1) is 19.2 Å². The van der Waals surface area contributed by atoms with Crippen molar-refractivity contribution in [2.24, 2.45) is 0 Å². The molecule has 0 aliphatic heterocycles. The number of benzene rings is 2. The number of nitrogens with one attached hydrogen (secondary N) is 2. The molecule has 25 heavy (non-hydrogen) atoms. The Balaban J connectivity index is 1.89. The summed E-state index contributed by atoms with van der Waals surface area (Å²) in [5.74, 6) is 0.797. The molecule has 0 aliphatic carbocycles. The lowest BCUT2D eigenvalue weighted by Gasteiger charge is -2.21. The maximum absolute atomic E-state index is 12.4. The van der Waals surface area contributed by atoms with Gasteiger partial charge in [-0.2, -0.15) is 0 Å². The first-order valence-corrected chi connectivity index (χ1v) is 8.83. The van der Waals surface area contributed by atoms with Crippen molar-refractivity contribution in [1.82, 2.24) is 5.32 Å². The molecule has 0 bridgehead atoms. The van der Waals surface area contributed by atoms with Crippen LogP contribution in [-0.2, 0) is 17.9 Å². The number of carbonyl (C=O) groups is 1. The molecule has 0 fully saturated rings. The van der Waals surface area contributed by atoms with Gasteiger partial charge < -0.3 is 15.0 Å². The van der Waals surface area contributed by atoms with E-state index in [9.17, 15) is 4.79 Å². The van der Waals surface area contributed by atoms with Crippen molar-refractivity contribution in [3.63, 3.8) is 0 Å². The van der Waals surface area contributed by atoms with E-state index >= 15 is 0 Å². The first-order chi connectivity index (χ1) is 11.9. The molecule has 0 saturated heterocycles. The molecule has 0 spiro atoms. The molecule has 2 atom stereocenters. The molecule has 2 rings (SSSR count). The third-order valence-corrected chi connectivity index (χ3v) is 4.83. The fourth-order valence-corrected chi connectivity index (χ4v) is 2.90. The van der Waals surface area contributed by atoms with Crippen LogP contribution in [0.1, 0.15) is 18.1 Å². The third kappa shape index (κ3) is 5.63. The standard InChI is InChI=1S/C19H22Cl2N2O2/c1-13(23(2)12-15-6-7-16(20)10-18(15)21)19(24)22-11-14-4-8-17(25-3)9-5-14/h4-10,13H,11-12H2,1-3H3,(H,22,24)/p+1/t13-/m0/s1. The summed E-state index contributed by atoms with van der Waals surface area (Å²) in [4.78, 5) is 13.5. The smallest absolute Gasteiger partial charge is 0.278 e. The molecule has 6 heteroatoms. The van der Waals surface area contributed by atoms with Crippen LogP contribution in [0.25, 0.3) is 0 Å². The van der Waals surface area contributed by atoms with Crippen molar-refractivity contribution >= 4 is 29.1 Å². The summed E-state index contributed by atoms with van der Waals surface area (Å²) < 4.78 is 5.13. The van der Waals surface area contributed by atoms with Crippen molar-refractivity contribution < 1.29 is 14.4 Å².